The smallest absolute Gasteiger partial charge is 0.0404 e. The maximum absolute atomic E-state index is 5.44. The molecule has 0 atom stereocenters. The second-order valence-electron chi connectivity index (χ2n) is 2.73. The molecule has 0 bridgehead atoms. The van der Waals surface area contributed by atoms with Crippen LogP contribution in [0.3, 0.4) is 0 Å². The lowest BCUT2D eigenvalue weighted by molar-refractivity contribution is 0.682. The summed E-state index contributed by atoms with van der Waals surface area (Å²) in [6, 6.07) is 0. The first-order chi connectivity index (χ1) is 4.93. The van der Waals surface area contributed by atoms with Gasteiger partial charge in [-0.25, -0.2) is 0 Å². The van der Waals surface area contributed by atoms with Crippen LogP contribution in [-0.4, -0.2) is 19.0 Å². The molecule has 2 heteroatoms. The lowest BCUT2D eigenvalue weighted by Gasteiger charge is -1.96. The lowest BCUT2D eigenvalue weighted by atomic mass is 10.4. The number of hydrogen-bond donors (Lipinski definition) is 1. The van der Waals surface area contributed by atoms with E-state index in [0.29, 0.717) is 5.88 Å². The zero-order valence-corrected chi connectivity index (χ0v) is 6.90. The van der Waals surface area contributed by atoms with E-state index in [1.165, 1.54) is 19.4 Å². The molecule has 1 aliphatic rings. The second kappa shape index (κ2) is 4.75. The Labute approximate surface area is 67.5 Å². The summed E-state index contributed by atoms with van der Waals surface area (Å²) < 4.78 is 0. The van der Waals surface area contributed by atoms with E-state index < -0.39 is 0 Å². The van der Waals surface area contributed by atoms with E-state index in [1.807, 2.05) is 6.08 Å². The normalized spacial score (nSPS) is 18.5. The Hall–Kier alpha value is -0.0100. The van der Waals surface area contributed by atoms with Crippen molar-refractivity contribution in [2.45, 2.75) is 12.8 Å². The van der Waals surface area contributed by atoms with Crippen LogP contribution >= 0.6 is 11.6 Å². The van der Waals surface area contributed by atoms with E-state index in [-0.39, 0.29) is 0 Å². The Kier molecular flexibility index (Phi) is 3.84. The Balaban J connectivity index is 1.80. The SMILES string of the molecule is ClC/C=C/CNCC1CC1. The Morgan fingerprint density at radius 3 is 2.80 bits per heavy atom. The highest BCUT2D eigenvalue weighted by atomic mass is 35.5. The minimum Gasteiger partial charge on any atom is -0.313 e. The molecular weight excluding hydrogens is 146 g/mol. The van der Waals surface area contributed by atoms with E-state index in [1.54, 1.807) is 0 Å². The summed E-state index contributed by atoms with van der Waals surface area (Å²) in [4.78, 5) is 0. The van der Waals surface area contributed by atoms with Gasteiger partial charge in [0, 0.05) is 12.4 Å². The summed E-state index contributed by atoms with van der Waals surface area (Å²) in [6.45, 7) is 2.16. The fourth-order valence-electron chi connectivity index (χ4n) is 0.839. The zero-order valence-electron chi connectivity index (χ0n) is 6.15. The highest BCUT2D eigenvalue weighted by molar-refractivity contribution is 6.18. The summed E-state index contributed by atoms with van der Waals surface area (Å²) >= 11 is 5.44. The van der Waals surface area contributed by atoms with Crippen LogP contribution in [0.4, 0.5) is 0 Å². The van der Waals surface area contributed by atoms with Crippen LogP contribution in [0.2, 0.25) is 0 Å². The van der Waals surface area contributed by atoms with Gasteiger partial charge in [0.15, 0.2) is 0 Å². The van der Waals surface area contributed by atoms with Crippen molar-refractivity contribution in [1.82, 2.24) is 5.32 Å². The van der Waals surface area contributed by atoms with Gasteiger partial charge in [0.1, 0.15) is 0 Å². The van der Waals surface area contributed by atoms with E-state index in [4.69, 9.17) is 11.6 Å². The van der Waals surface area contributed by atoms with Crippen molar-refractivity contribution in [2.75, 3.05) is 19.0 Å². The van der Waals surface area contributed by atoms with E-state index in [9.17, 15) is 0 Å². The molecule has 0 aliphatic heterocycles. The van der Waals surface area contributed by atoms with E-state index in [2.05, 4.69) is 11.4 Å². The second-order valence-corrected chi connectivity index (χ2v) is 3.04. The van der Waals surface area contributed by atoms with Crippen molar-refractivity contribution in [3.05, 3.63) is 12.2 Å². The van der Waals surface area contributed by atoms with Crippen LogP contribution in [0.25, 0.3) is 0 Å². The first kappa shape index (κ1) is 8.09. The molecule has 1 fully saturated rings. The van der Waals surface area contributed by atoms with Crippen LogP contribution in [0, 0.1) is 5.92 Å². The standard InChI is InChI=1S/C8H14ClN/c9-5-1-2-6-10-7-8-3-4-8/h1-2,8,10H,3-7H2/b2-1+. The number of hydrogen-bond acceptors (Lipinski definition) is 1. The molecule has 0 aromatic rings. The lowest BCUT2D eigenvalue weighted by Crippen LogP contribution is -2.16. The van der Waals surface area contributed by atoms with E-state index >= 15 is 0 Å². The molecule has 1 rings (SSSR count). The predicted octanol–water partition coefficient (Wildman–Crippen LogP) is 1.78. The molecule has 0 aromatic carbocycles. The molecule has 1 aliphatic carbocycles. The van der Waals surface area contributed by atoms with Gasteiger partial charge in [-0.2, -0.15) is 0 Å². The summed E-state index contributed by atoms with van der Waals surface area (Å²) in [6.07, 6.45) is 6.90. The average molecular weight is 160 g/mol. The third kappa shape index (κ3) is 3.91. The average Bonchev–Trinajstić information content (AvgIpc) is 2.71. The Morgan fingerprint density at radius 2 is 2.20 bits per heavy atom. The van der Waals surface area contributed by atoms with Gasteiger partial charge in [-0.05, 0) is 25.3 Å². The first-order valence-electron chi connectivity index (χ1n) is 3.85. The van der Waals surface area contributed by atoms with Crippen molar-refractivity contribution >= 4 is 11.6 Å². The zero-order chi connectivity index (χ0) is 7.23. The summed E-state index contributed by atoms with van der Waals surface area (Å²) in [5.41, 5.74) is 0. The summed E-state index contributed by atoms with van der Waals surface area (Å²) in [5, 5.41) is 3.34. The molecule has 0 spiro atoms. The van der Waals surface area contributed by atoms with Crippen molar-refractivity contribution in [3.8, 4) is 0 Å². The van der Waals surface area contributed by atoms with Gasteiger partial charge in [-0.1, -0.05) is 12.2 Å². The van der Waals surface area contributed by atoms with Gasteiger partial charge in [0.2, 0.25) is 0 Å². The fraction of sp³-hybridized carbons (Fsp3) is 0.750. The Morgan fingerprint density at radius 1 is 1.40 bits per heavy atom. The quantitative estimate of drug-likeness (QED) is 0.367. The van der Waals surface area contributed by atoms with Crippen molar-refractivity contribution in [1.29, 1.82) is 0 Å². The first-order valence-corrected chi connectivity index (χ1v) is 4.38. The number of halogens is 1. The third-order valence-electron chi connectivity index (χ3n) is 1.65. The largest absolute Gasteiger partial charge is 0.313 e. The predicted molar refractivity (Wildman–Crippen MR) is 45.5 cm³/mol. The van der Waals surface area contributed by atoms with Crippen LogP contribution in [0.5, 0.6) is 0 Å². The van der Waals surface area contributed by atoms with Gasteiger partial charge in [-0.15, -0.1) is 11.6 Å². The van der Waals surface area contributed by atoms with E-state index in [0.717, 1.165) is 12.5 Å². The van der Waals surface area contributed by atoms with Crippen LogP contribution in [0.15, 0.2) is 12.2 Å². The van der Waals surface area contributed by atoms with Crippen LogP contribution < -0.4 is 5.32 Å². The Bertz CT molecular complexity index is 108. The van der Waals surface area contributed by atoms with Crippen molar-refractivity contribution < 1.29 is 0 Å². The monoisotopic (exact) mass is 159 g/mol. The number of nitrogens with one attached hydrogen (secondary N) is 1. The maximum atomic E-state index is 5.44. The molecule has 0 radical (unpaired) electrons. The summed E-state index contributed by atoms with van der Waals surface area (Å²) in [5.74, 6) is 1.61. The molecule has 1 N–H and O–H groups in total. The molecular formula is C8H14ClN. The van der Waals surface area contributed by atoms with Crippen LogP contribution in [-0.2, 0) is 0 Å². The molecule has 10 heavy (non-hydrogen) atoms. The van der Waals surface area contributed by atoms with Gasteiger partial charge in [-0.3, -0.25) is 0 Å². The van der Waals surface area contributed by atoms with Crippen molar-refractivity contribution in [3.63, 3.8) is 0 Å². The maximum Gasteiger partial charge on any atom is 0.0404 e. The number of allylic oxidation sites excluding steroid dienone is 1. The molecule has 0 aromatic heterocycles. The third-order valence-corrected chi connectivity index (χ3v) is 1.83. The molecule has 0 unspecified atom stereocenters. The van der Waals surface area contributed by atoms with Gasteiger partial charge >= 0.3 is 0 Å². The molecule has 0 heterocycles. The van der Waals surface area contributed by atoms with Gasteiger partial charge in [0.05, 0.1) is 0 Å². The molecule has 1 saturated carbocycles. The minimum atomic E-state index is 0.630. The van der Waals surface area contributed by atoms with Gasteiger partial charge in [0.25, 0.3) is 0 Å². The number of rotatable bonds is 5. The van der Waals surface area contributed by atoms with Crippen molar-refractivity contribution in [2.24, 2.45) is 5.92 Å². The summed E-state index contributed by atoms with van der Waals surface area (Å²) in [7, 11) is 0. The topological polar surface area (TPSA) is 12.0 Å². The highest BCUT2D eigenvalue weighted by Gasteiger charge is 2.19. The molecule has 1 nitrogen and oxygen atoms in total. The molecule has 0 amide bonds. The fourth-order valence-corrected chi connectivity index (χ4v) is 0.965. The van der Waals surface area contributed by atoms with Crippen LogP contribution in [0.1, 0.15) is 12.8 Å². The highest BCUT2D eigenvalue weighted by Crippen LogP contribution is 2.27. The van der Waals surface area contributed by atoms with Gasteiger partial charge < -0.3 is 5.32 Å². The minimum absolute atomic E-state index is 0.630. The molecule has 0 saturated heterocycles. The molecule has 58 valence electrons. The number of alkyl halides is 1.